The topological polar surface area (TPSA) is 138 Å². The van der Waals surface area contributed by atoms with Gasteiger partial charge in [0.2, 0.25) is 6.41 Å². The Labute approximate surface area is 254 Å². The minimum atomic E-state index is -0.356. The number of imide groups is 1. The molecule has 0 bridgehead atoms. The molecule has 2 aliphatic carbocycles. The predicted octanol–water partition coefficient (Wildman–Crippen LogP) is 5.22. The van der Waals surface area contributed by atoms with Gasteiger partial charge in [-0.3, -0.25) is 24.4 Å². The van der Waals surface area contributed by atoms with Gasteiger partial charge < -0.3 is 10.6 Å². The Morgan fingerprint density at radius 3 is 2.37 bits per heavy atom. The first-order valence-corrected chi connectivity index (χ1v) is 14.8. The van der Waals surface area contributed by atoms with Gasteiger partial charge in [-0.05, 0) is 67.5 Å². The van der Waals surface area contributed by atoms with Crippen molar-refractivity contribution in [3.05, 3.63) is 70.9 Å². The molecule has 4 aromatic heterocycles. The second-order valence-electron chi connectivity index (χ2n) is 10.3. The summed E-state index contributed by atoms with van der Waals surface area (Å²) in [4.78, 5) is 50.1. The van der Waals surface area contributed by atoms with Gasteiger partial charge in [0.15, 0.2) is 0 Å². The summed E-state index contributed by atoms with van der Waals surface area (Å²) in [7, 11) is 1.49. The van der Waals surface area contributed by atoms with Gasteiger partial charge >= 0.3 is 6.03 Å². The van der Waals surface area contributed by atoms with Crippen LogP contribution in [0, 0.1) is 0 Å². The minimum absolute atomic E-state index is 0.000555. The molecule has 3 aliphatic rings. The number of fused-ring (bicyclic) bond motifs is 1. The van der Waals surface area contributed by atoms with Crippen molar-refractivity contribution in [1.29, 1.82) is 0 Å². The van der Waals surface area contributed by atoms with Gasteiger partial charge in [-0.1, -0.05) is 25.4 Å². The molecule has 2 N–H and O–H groups in total. The van der Waals surface area contributed by atoms with Gasteiger partial charge in [-0.25, -0.2) is 19.3 Å². The van der Waals surface area contributed by atoms with Crippen molar-refractivity contribution < 1.29 is 14.4 Å². The molecule has 4 amide bonds. The van der Waals surface area contributed by atoms with E-state index in [1.807, 2.05) is 38.1 Å². The molecular formula is C30H34ClN9O3. The van der Waals surface area contributed by atoms with E-state index in [0.29, 0.717) is 42.2 Å². The highest BCUT2D eigenvalue weighted by Crippen LogP contribution is 2.42. The second kappa shape index (κ2) is 13.2. The minimum Gasteiger partial charge on any atom is -0.364 e. The number of nitrogens with one attached hydrogen (secondary N) is 2. The fraction of sp³-hybridized carbons (Fsp3) is 0.367. The third kappa shape index (κ3) is 7.08. The summed E-state index contributed by atoms with van der Waals surface area (Å²) in [5.74, 6) is 2.47. The normalized spacial score (nSPS) is 15.9. The third-order valence-electron chi connectivity index (χ3n) is 7.19. The summed E-state index contributed by atoms with van der Waals surface area (Å²) in [5, 5.41) is 11.1. The first kappa shape index (κ1) is 29.9. The molecule has 12 nitrogen and oxygen atoms in total. The fourth-order valence-corrected chi connectivity index (χ4v) is 4.83. The Hall–Kier alpha value is -4.58. The second-order valence-corrected chi connectivity index (χ2v) is 10.7. The average Bonchev–Trinajstić information content (AvgIpc) is 3.96. The van der Waals surface area contributed by atoms with Crippen LogP contribution in [0.15, 0.2) is 48.9 Å². The van der Waals surface area contributed by atoms with Crippen LogP contribution < -0.4 is 15.5 Å². The van der Waals surface area contributed by atoms with E-state index in [-0.39, 0.29) is 18.5 Å². The fourth-order valence-electron chi connectivity index (χ4n) is 4.66. The first-order chi connectivity index (χ1) is 20.9. The Morgan fingerprint density at radius 2 is 1.72 bits per heavy atom. The van der Waals surface area contributed by atoms with Gasteiger partial charge in [-0.15, -0.1) is 0 Å². The van der Waals surface area contributed by atoms with Crippen LogP contribution in [0.3, 0.4) is 0 Å². The highest BCUT2D eigenvalue weighted by molar-refractivity contribution is 6.30. The summed E-state index contributed by atoms with van der Waals surface area (Å²) in [5.41, 5.74) is 3.91. The monoisotopic (exact) mass is 603 g/mol. The van der Waals surface area contributed by atoms with E-state index >= 15 is 0 Å². The summed E-state index contributed by atoms with van der Waals surface area (Å²) in [6.07, 6.45) is 8.49. The van der Waals surface area contributed by atoms with Crippen LogP contribution in [0.4, 0.5) is 22.2 Å². The number of amides is 4. The highest BCUT2D eigenvalue weighted by Gasteiger charge is 2.36. The quantitative estimate of drug-likeness (QED) is 0.207. The molecule has 1 saturated heterocycles. The molecular weight excluding hydrogens is 570 g/mol. The Morgan fingerprint density at radius 1 is 0.977 bits per heavy atom. The first-order valence-electron chi connectivity index (χ1n) is 14.4. The zero-order valence-corrected chi connectivity index (χ0v) is 25.1. The zero-order valence-electron chi connectivity index (χ0n) is 24.3. The molecule has 0 unspecified atom stereocenters. The number of hydrogen-bond acceptors (Lipinski definition) is 8. The van der Waals surface area contributed by atoms with Crippen LogP contribution >= 0.6 is 11.6 Å². The summed E-state index contributed by atoms with van der Waals surface area (Å²) in [6.45, 7) is 4.38. The van der Waals surface area contributed by atoms with Crippen molar-refractivity contribution in [1.82, 2.24) is 29.5 Å². The molecule has 43 heavy (non-hydrogen) atoms. The number of rotatable bonds is 8. The number of aromatic nitrogens is 5. The van der Waals surface area contributed by atoms with Crippen molar-refractivity contribution >= 4 is 52.9 Å². The van der Waals surface area contributed by atoms with Crippen LogP contribution in [0.5, 0.6) is 0 Å². The number of hydrogen-bond donors (Lipinski definition) is 2. The van der Waals surface area contributed by atoms with Gasteiger partial charge in [-0.2, -0.15) is 5.10 Å². The van der Waals surface area contributed by atoms with E-state index in [1.54, 1.807) is 16.8 Å². The van der Waals surface area contributed by atoms with E-state index in [1.165, 1.54) is 31.1 Å². The number of urea groups is 1. The molecule has 224 valence electrons. The lowest BCUT2D eigenvalue weighted by Crippen LogP contribution is -2.31. The van der Waals surface area contributed by atoms with E-state index in [0.717, 1.165) is 45.2 Å². The van der Waals surface area contributed by atoms with Gasteiger partial charge in [0.05, 0.1) is 17.8 Å². The van der Waals surface area contributed by atoms with Crippen molar-refractivity contribution in [2.75, 3.05) is 29.1 Å². The summed E-state index contributed by atoms with van der Waals surface area (Å²) >= 11 is 5.78. The molecule has 4 aromatic rings. The number of nitrogens with zero attached hydrogens (tertiary/aromatic N) is 7. The maximum atomic E-state index is 12.6. The van der Waals surface area contributed by atoms with Crippen molar-refractivity contribution in [3.8, 4) is 0 Å². The van der Waals surface area contributed by atoms with Crippen LogP contribution in [0.1, 0.15) is 68.3 Å². The van der Waals surface area contributed by atoms with Crippen molar-refractivity contribution in [2.24, 2.45) is 0 Å². The van der Waals surface area contributed by atoms with Gasteiger partial charge in [0, 0.05) is 35.9 Å². The lowest BCUT2D eigenvalue weighted by Gasteiger charge is -2.17. The predicted molar refractivity (Wildman–Crippen MR) is 164 cm³/mol. The van der Waals surface area contributed by atoms with Crippen molar-refractivity contribution in [2.45, 2.75) is 57.9 Å². The average molecular weight is 604 g/mol. The largest absolute Gasteiger partial charge is 0.364 e. The number of carbonyl (C=O) groups is 3. The molecule has 1 aliphatic heterocycles. The number of carbonyl (C=O) groups excluding carboxylic acids is 3. The molecule has 0 spiro atoms. The van der Waals surface area contributed by atoms with E-state index < -0.39 is 0 Å². The lowest BCUT2D eigenvalue weighted by molar-refractivity contribution is -0.123. The molecule has 3 fully saturated rings. The molecule has 0 atom stereocenters. The molecule has 5 heterocycles. The smallest absolute Gasteiger partial charge is 0.332 e. The standard InChI is InChI=1S/C20H20N8O3.C8H8ClN.C2H6/c1-26-19(30)9-27(20(26)31)18-5-13(12-2-3-12)4-15-6-14(25-28(15)18)8-21-16-7-17(24-11-29)23-10-22-16;9-7-3-4-10-8(5-7)6-1-2-6;1-2/h4-7,10-12H,2-3,8-9H2,1H3,(H2,21,22,23,24,29);3-6H,1-2H2;1-2H3. The third-order valence-corrected chi connectivity index (χ3v) is 7.42. The number of anilines is 3. The summed E-state index contributed by atoms with van der Waals surface area (Å²) < 4.78 is 1.70. The Bertz CT molecular complexity index is 1630. The maximum Gasteiger partial charge on any atom is 0.332 e. The van der Waals surface area contributed by atoms with Gasteiger partial charge in [0.1, 0.15) is 30.3 Å². The van der Waals surface area contributed by atoms with E-state index in [9.17, 15) is 14.4 Å². The summed E-state index contributed by atoms with van der Waals surface area (Å²) in [6, 6.07) is 11.0. The van der Waals surface area contributed by atoms with Crippen LogP contribution in [-0.2, 0) is 16.1 Å². The van der Waals surface area contributed by atoms with E-state index in [4.69, 9.17) is 11.6 Å². The van der Waals surface area contributed by atoms with Crippen molar-refractivity contribution in [3.63, 3.8) is 0 Å². The maximum absolute atomic E-state index is 12.6. The molecule has 0 radical (unpaired) electrons. The van der Waals surface area contributed by atoms with Gasteiger partial charge in [0.25, 0.3) is 5.91 Å². The molecule has 2 saturated carbocycles. The molecule has 13 heteroatoms. The lowest BCUT2D eigenvalue weighted by atomic mass is 10.1. The molecule has 0 aromatic carbocycles. The zero-order chi connectivity index (χ0) is 30.5. The number of pyridine rings is 2. The van der Waals surface area contributed by atoms with Crippen LogP contribution in [-0.4, -0.2) is 61.4 Å². The van der Waals surface area contributed by atoms with Crippen LogP contribution in [0.25, 0.3) is 5.52 Å². The Kier molecular flexibility index (Phi) is 9.15. The number of likely N-dealkylation sites (N-methyl/N-ethyl adjacent to an activating group) is 1. The van der Waals surface area contributed by atoms with Crippen LogP contribution in [0.2, 0.25) is 5.02 Å². The Balaban J connectivity index is 0.000000256. The highest BCUT2D eigenvalue weighted by atomic mass is 35.5. The molecule has 7 rings (SSSR count). The number of halogens is 1. The van der Waals surface area contributed by atoms with E-state index in [2.05, 4.69) is 36.8 Å². The SMILES string of the molecule is CC.CN1C(=O)CN(c2cc(C3CC3)cc3cc(CNc4cc(NC=O)ncn4)nn23)C1=O.Clc1ccnc(C2CC2)c1.